The second-order valence-electron chi connectivity index (χ2n) is 8.27. The maximum atomic E-state index is 13.8. The lowest BCUT2D eigenvalue weighted by atomic mass is 9.76. The van der Waals surface area contributed by atoms with E-state index in [1.54, 1.807) is 0 Å². The third-order valence-corrected chi connectivity index (χ3v) is 5.50. The minimum atomic E-state index is -1.10. The molecule has 0 amide bonds. The lowest BCUT2D eigenvalue weighted by molar-refractivity contribution is -0.150. The van der Waals surface area contributed by atoms with Gasteiger partial charge in [-0.15, -0.1) is 0 Å². The number of rotatable bonds is 8. The van der Waals surface area contributed by atoms with E-state index >= 15 is 0 Å². The van der Waals surface area contributed by atoms with Gasteiger partial charge in [0.2, 0.25) is 5.89 Å². The molecule has 4 aromatic rings. The maximum Gasteiger partial charge on any atom is 0.322 e. The number of benzene rings is 3. The summed E-state index contributed by atoms with van der Waals surface area (Å²) in [6, 6.07) is 27.5. The van der Waals surface area contributed by atoms with E-state index in [0.717, 1.165) is 22.2 Å². The van der Waals surface area contributed by atoms with Gasteiger partial charge < -0.3 is 9.15 Å². The van der Waals surface area contributed by atoms with E-state index in [9.17, 15) is 4.79 Å². The highest BCUT2D eigenvalue weighted by molar-refractivity contribution is 5.84. The second-order valence-corrected chi connectivity index (χ2v) is 8.27. The van der Waals surface area contributed by atoms with E-state index in [2.05, 4.69) is 0 Å². The number of aromatic nitrogens is 1. The smallest absolute Gasteiger partial charge is 0.322 e. The summed E-state index contributed by atoms with van der Waals surface area (Å²) < 4.78 is 12.0. The minimum Gasteiger partial charge on any atom is -0.461 e. The predicted octanol–water partition coefficient (Wildman–Crippen LogP) is 6.06. The number of carbonyl (C=O) groups excluding carboxylic acids is 1. The molecule has 0 bridgehead atoms. The van der Waals surface area contributed by atoms with Crippen molar-refractivity contribution in [3.63, 3.8) is 0 Å². The van der Waals surface area contributed by atoms with Gasteiger partial charge in [0.25, 0.3) is 0 Å². The van der Waals surface area contributed by atoms with Crippen LogP contribution in [0.3, 0.4) is 0 Å². The standard InChI is InChI=1S/C28H27NO3/c1-21(2)17-18-31-27(30)28(19-22-11-5-3-6-12-22,20-23-13-7-4-8-14-23)26-29-24-15-9-10-16-25(24)32-26/h3-17H,18-20H2,1-2H3. The Hall–Kier alpha value is -3.66. The van der Waals surface area contributed by atoms with Crippen LogP contribution in [-0.4, -0.2) is 17.6 Å². The highest BCUT2D eigenvalue weighted by atomic mass is 16.5. The molecule has 0 aliphatic rings. The van der Waals surface area contributed by atoms with Crippen molar-refractivity contribution < 1.29 is 13.9 Å². The quantitative estimate of drug-likeness (QED) is 0.254. The van der Waals surface area contributed by atoms with E-state index in [-0.39, 0.29) is 12.6 Å². The lowest BCUT2D eigenvalue weighted by Gasteiger charge is -2.29. The monoisotopic (exact) mass is 425 g/mol. The zero-order valence-corrected chi connectivity index (χ0v) is 18.5. The molecule has 4 rings (SSSR count). The van der Waals surface area contributed by atoms with Crippen LogP contribution >= 0.6 is 0 Å². The molecule has 32 heavy (non-hydrogen) atoms. The second kappa shape index (κ2) is 9.65. The Kier molecular flexibility index (Phi) is 6.50. The first-order chi connectivity index (χ1) is 15.6. The number of oxazole rings is 1. The van der Waals surface area contributed by atoms with Crippen LogP contribution in [0.1, 0.15) is 30.9 Å². The molecule has 0 radical (unpaired) electrons. The van der Waals surface area contributed by atoms with Crippen molar-refractivity contribution in [3.05, 3.63) is 114 Å². The van der Waals surface area contributed by atoms with Gasteiger partial charge in [-0.1, -0.05) is 78.4 Å². The number of ether oxygens (including phenoxy) is 1. The number of fused-ring (bicyclic) bond motifs is 1. The number of hydrogen-bond acceptors (Lipinski definition) is 4. The SMILES string of the molecule is CC(C)=CCOC(=O)C(Cc1ccccc1)(Cc1ccccc1)c1nc2ccccc2o1. The summed E-state index contributed by atoms with van der Waals surface area (Å²) >= 11 is 0. The Morgan fingerprint density at radius 2 is 1.44 bits per heavy atom. The summed E-state index contributed by atoms with van der Waals surface area (Å²) in [5.74, 6) is 0.0443. The van der Waals surface area contributed by atoms with E-state index in [1.807, 2.05) is 105 Å². The zero-order chi connectivity index (χ0) is 22.4. The number of allylic oxidation sites excluding steroid dienone is 1. The normalized spacial score (nSPS) is 11.3. The topological polar surface area (TPSA) is 52.3 Å². The third-order valence-electron chi connectivity index (χ3n) is 5.50. The van der Waals surface area contributed by atoms with Gasteiger partial charge in [-0.25, -0.2) is 4.98 Å². The van der Waals surface area contributed by atoms with E-state index in [0.29, 0.717) is 24.3 Å². The number of hydrogen-bond donors (Lipinski definition) is 0. The molecule has 0 saturated heterocycles. The molecule has 0 spiro atoms. The summed E-state index contributed by atoms with van der Waals surface area (Å²) in [5.41, 5.74) is 3.42. The molecule has 3 aromatic carbocycles. The van der Waals surface area contributed by atoms with Gasteiger partial charge in [-0.05, 0) is 56.0 Å². The number of nitrogens with zero attached hydrogens (tertiary/aromatic N) is 1. The molecule has 4 heteroatoms. The summed E-state index contributed by atoms with van der Waals surface area (Å²) in [6.07, 6.45) is 2.74. The molecule has 1 heterocycles. The molecular formula is C28H27NO3. The first-order valence-electron chi connectivity index (χ1n) is 10.8. The Morgan fingerprint density at radius 3 is 2.00 bits per heavy atom. The largest absolute Gasteiger partial charge is 0.461 e. The van der Waals surface area contributed by atoms with Crippen LogP contribution in [0.4, 0.5) is 0 Å². The number of para-hydroxylation sites is 2. The van der Waals surface area contributed by atoms with Gasteiger partial charge in [0.05, 0.1) is 0 Å². The van der Waals surface area contributed by atoms with Crippen LogP contribution in [0, 0.1) is 0 Å². The van der Waals surface area contributed by atoms with Crippen LogP contribution in [0.5, 0.6) is 0 Å². The van der Waals surface area contributed by atoms with Crippen molar-refractivity contribution in [2.24, 2.45) is 0 Å². The number of carbonyl (C=O) groups is 1. The third kappa shape index (κ3) is 4.80. The van der Waals surface area contributed by atoms with Crippen molar-refractivity contribution in [2.75, 3.05) is 6.61 Å². The van der Waals surface area contributed by atoms with E-state index in [4.69, 9.17) is 14.1 Å². The predicted molar refractivity (Wildman–Crippen MR) is 126 cm³/mol. The average molecular weight is 426 g/mol. The molecule has 162 valence electrons. The van der Waals surface area contributed by atoms with Gasteiger partial charge in [0, 0.05) is 0 Å². The Bertz CT molecular complexity index is 1130. The van der Waals surface area contributed by atoms with Gasteiger partial charge in [-0.2, -0.15) is 0 Å². The summed E-state index contributed by atoms with van der Waals surface area (Å²) in [6.45, 7) is 4.18. The van der Waals surface area contributed by atoms with Crippen LogP contribution in [0.15, 0.2) is 101 Å². The van der Waals surface area contributed by atoms with Crippen LogP contribution < -0.4 is 0 Å². The summed E-state index contributed by atoms with van der Waals surface area (Å²) in [7, 11) is 0. The van der Waals surface area contributed by atoms with E-state index < -0.39 is 5.41 Å². The van der Waals surface area contributed by atoms with Crippen molar-refractivity contribution in [2.45, 2.75) is 32.1 Å². The Morgan fingerprint density at radius 1 is 0.875 bits per heavy atom. The fourth-order valence-electron chi connectivity index (χ4n) is 3.83. The fourth-order valence-corrected chi connectivity index (χ4v) is 3.83. The highest BCUT2D eigenvalue weighted by Crippen LogP contribution is 2.35. The average Bonchev–Trinajstić information content (AvgIpc) is 3.24. The van der Waals surface area contributed by atoms with Crippen molar-refractivity contribution in [1.82, 2.24) is 4.98 Å². The molecule has 0 unspecified atom stereocenters. The minimum absolute atomic E-state index is 0.215. The van der Waals surface area contributed by atoms with Crippen LogP contribution in [0.2, 0.25) is 0 Å². The summed E-state index contributed by atoms with van der Waals surface area (Å²) in [4.78, 5) is 18.5. The van der Waals surface area contributed by atoms with Crippen molar-refractivity contribution in [1.29, 1.82) is 0 Å². The molecule has 0 N–H and O–H groups in total. The molecule has 0 atom stereocenters. The van der Waals surface area contributed by atoms with Crippen LogP contribution in [0.25, 0.3) is 11.1 Å². The fraction of sp³-hybridized carbons (Fsp3) is 0.214. The maximum absolute atomic E-state index is 13.8. The first kappa shape index (κ1) is 21.6. The lowest BCUT2D eigenvalue weighted by Crippen LogP contribution is -2.42. The molecule has 1 aromatic heterocycles. The molecule has 0 aliphatic carbocycles. The molecule has 0 saturated carbocycles. The van der Waals surface area contributed by atoms with Gasteiger partial charge >= 0.3 is 5.97 Å². The van der Waals surface area contributed by atoms with Gasteiger partial charge in [0.1, 0.15) is 12.1 Å². The van der Waals surface area contributed by atoms with Crippen LogP contribution in [-0.2, 0) is 27.8 Å². The van der Waals surface area contributed by atoms with E-state index in [1.165, 1.54) is 0 Å². The first-order valence-corrected chi connectivity index (χ1v) is 10.8. The summed E-state index contributed by atoms with van der Waals surface area (Å²) in [5, 5.41) is 0. The molecule has 0 aliphatic heterocycles. The van der Waals surface area contributed by atoms with Crippen molar-refractivity contribution >= 4 is 17.1 Å². The van der Waals surface area contributed by atoms with Gasteiger partial charge in [-0.3, -0.25) is 4.79 Å². The highest BCUT2D eigenvalue weighted by Gasteiger charge is 2.46. The molecule has 0 fully saturated rings. The van der Waals surface area contributed by atoms with Crippen molar-refractivity contribution in [3.8, 4) is 0 Å². The zero-order valence-electron chi connectivity index (χ0n) is 18.5. The molecular weight excluding hydrogens is 398 g/mol. The Balaban J connectivity index is 1.85. The Labute approximate surface area is 188 Å². The molecule has 4 nitrogen and oxygen atoms in total. The van der Waals surface area contributed by atoms with Gasteiger partial charge in [0.15, 0.2) is 11.0 Å². The number of esters is 1.